The van der Waals surface area contributed by atoms with Crippen LogP contribution in [0.3, 0.4) is 0 Å². The van der Waals surface area contributed by atoms with Crippen LogP contribution in [0.2, 0.25) is 0 Å². The van der Waals surface area contributed by atoms with E-state index in [0.29, 0.717) is 23.7 Å². The Kier molecular flexibility index (Phi) is 5.47. The summed E-state index contributed by atoms with van der Waals surface area (Å²) in [6.07, 6.45) is 6.52. The van der Waals surface area contributed by atoms with Crippen molar-refractivity contribution in [2.75, 3.05) is 5.73 Å². The van der Waals surface area contributed by atoms with Crippen molar-refractivity contribution in [2.45, 2.75) is 64.1 Å². The van der Waals surface area contributed by atoms with Gasteiger partial charge in [0, 0.05) is 31.0 Å². The zero-order valence-electron chi connectivity index (χ0n) is 17.0. The van der Waals surface area contributed by atoms with Crippen molar-refractivity contribution >= 4 is 22.9 Å². The minimum absolute atomic E-state index is 0.233. The average Bonchev–Trinajstić information content (AvgIpc) is 3.27. The lowest BCUT2D eigenvalue weighted by Crippen LogP contribution is -2.39. The fourth-order valence-electron chi connectivity index (χ4n) is 4.61. The number of likely N-dealkylation sites (tertiary alicyclic amines) is 1. The van der Waals surface area contributed by atoms with Gasteiger partial charge >= 0.3 is 0 Å². The lowest BCUT2D eigenvalue weighted by Gasteiger charge is -2.28. The molecule has 1 amide bonds. The number of amides is 1. The number of imidazole rings is 1. The van der Waals surface area contributed by atoms with Crippen molar-refractivity contribution in [1.82, 2.24) is 24.4 Å². The second-order valence-corrected chi connectivity index (χ2v) is 7.97. The molecule has 1 aromatic carbocycles. The number of carbonyl (C=O) groups is 1. The lowest BCUT2D eigenvalue weighted by molar-refractivity contribution is -0.133. The number of nitrogens with two attached hydrogens (primary N) is 1. The molecule has 1 aliphatic heterocycles. The van der Waals surface area contributed by atoms with Crippen LogP contribution < -0.4 is 5.73 Å². The summed E-state index contributed by atoms with van der Waals surface area (Å²) in [6, 6.07) is 11.1. The summed E-state index contributed by atoms with van der Waals surface area (Å²) in [5.41, 5.74) is 8.55. The average molecular weight is 393 g/mol. The quantitative estimate of drug-likeness (QED) is 0.650. The number of nitrogens with zero attached hydrogens (tertiary/aromatic N) is 5. The molecule has 152 valence electrons. The molecular weight excluding hydrogens is 364 g/mol. The predicted molar refractivity (Wildman–Crippen MR) is 113 cm³/mol. The molecular formula is C22H28N6O. The van der Waals surface area contributed by atoms with E-state index in [-0.39, 0.29) is 18.0 Å². The highest BCUT2D eigenvalue weighted by atomic mass is 16.2. The summed E-state index contributed by atoms with van der Waals surface area (Å²) in [5, 5.41) is 0. The first-order valence-electron chi connectivity index (χ1n) is 10.3. The number of nitrogen functional groups attached to an aromatic ring is 1. The molecule has 0 spiro atoms. The van der Waals surface area contributed by atoms with Crippen LogP contribution in [-0.4, -0.2) is 42.4 Å². The van der Waals surface area contributed by atoms with Crippen molar-refractivity contribution in [3.05, 3.63) is 48.5 Å². The maximum atomic E-state index is 12.9. The summed E-state index contributed by atoms with van der Waals surface area (Å²) < 4.78 is 1.98. The highest BCUT2D eigenvalue weighted by Gasteiger charge is 2.39. The summed E-state index contributed by atoms with van der Waals surface area (Å²) in [7, 11) is 0. The van der Waals surface area contributed by atoms with Crippen molar-refractivity contribution in [3.8, 4) is 0 Å². The van der Waals surface area contributed by atoms with Gasteiger partial charge in [-0.1, -0.05) is 30.3 Å². The lowest BCUT2D eigenvalue weighted by atomic mass is 9.92. The van der Waals surface area contributed by atoms with E-state index in [1.54, 1.807) is 6.33 Å². The van der Waals surface area contributed by atoms with Crippen LogP contribution in [-0.2, 0) is 11.3 Å². The molecule has 3 atom stereocenters. The Balaban J connectivity index is 1.32. The van der Waals surface area contributed by atoms with Crippen molar-refractivity contribution in [3.63, 3.8) is 0 Å². The molecule has 3 unspecified atom stereocenters. The summed E-state index contributed by atoms with van der Waals surface area (Å²) in [4.78, 5) is 27.6. The first-order chi connectivity index (χ1) is 14.1. The standard InChI is InChI=1S/C22H28N6O/c1-15-12-18(17-8-4-3-5-9-17)16(2)28(15)19(29)10-6-7-11-27-14-26-20-21(23)24-13-25-22(20)27/h3-5,8-9,13-16,18H,6-7,10-12H2,1-2H3,(H2,23,24,25). The minimum atomic E-state index is 0.233. The van der Waals surface area contributed by atoms with E-state index >= 15 is 0 Å². The largest absolute Gasteiger partial charge is 0.382 e. The van der Waals surface area contributed by atoms with Crippen LogP contribution >= 0.6 is 0 Å². The van der Waals surface area contributed by atoms with Crippen molar-refractivity contribution in [2.24, 2.45) is 0 Å². The Hall–Kier alpha value is -2.96. The highest BCUT2D eigenvalue weighted by molar-refractivity contribution is 5.81. The zero-order valence-corrected chi connectivity index (χ0v) is 17.0. The van der Waals surface area contributed by atoms with Crippen LogP contribution in [0.5, 0.6) is 0 Å². The van der Waals surface area contributed by atoms with Gasteiger partial charge in [-0.3, -0.25) is 4.79 Å². The first kappa shape index (κ1) is 19.4. The summed E-state index contributed by atoms with van der Waals surface area (Å²) in [5.74, 6) is 1.07. The summed E-state index contributed by atoms with van der Waals surface area (Å²) >= 11 is 0. The third kappa shape index (κ3) is 3.81. The van der Waals surface area contributed by atoms with Gasteiger partial charge in [0.25, 0.3) is 0 Å². The number of rotatable bonds is 6. The molecule has 2 aromatic heterocycles. The topological polar surface area (TPSA) is 89.9 Å². The van der Waals surface area contributed by atoms with E-state index in [1.807, 2.05) is 10.6 Å². The Labute approximate surface area is 171 Å². The molecule has 0 aliphatic carbocycles. The van der Waals surface area contributed by atoms with E-state index in [9.17, 15) is 4.79 Å². The van der Waals surface area contributed by atoms with E-state index in [1.165, 1.54) is 11.9 Å². The van der Waals surface area contributed by atoms with Gasteiger partial charge in [0.1, 0.15) is 11.8 Å². The molecule has 1 fully saturated rings. The number of aromatic nitrogens is 4. The van der Waals surface area contributed by atoms with Crippen LogP contribution in [0.25, 0.3) is 11.2 Å². The zero-order chi connectivity index (χ0) is 20.4. The molecule has 1 saturated heterocycles. The molecule has 29 heavy (non-hydrogen) atoms. The first-order valence-corrected chi connectivity index (χ1v) is 10.3. The third-order valence-corrected chi connectivity index (χ3v) is 6.08. The van der Waals surface area contributed by atoms with E-state index in [4.69, 9.17) is 5.73 Å². The van der Waals surface area contributed by atoms with Crippen LogP contribution in [0.1, 0.15) is 51.0 Å². The minimum Gasteiger partial charge on any atom is -0.382 e. The van der Waals surface area contributed by atoms with Gasteiger partial charge in [0.05, 0.1) is 6.33 Å². The number of benzene rings is 1. The Bertz CT molecular complexity index is 985. The Morgan fingerprint density at radius 2 is 1.93 bits per heavy atom. The molecule has 3 heterocycles. The van der Waals surface area contributed by atoms with Crippen LogP contribution in [0, 0.1) is 0 Å². The number of hydrogen-bond donors (Lipinski definition) is 1. The van der Waals surface area contributed by atoms with Gasteiger partial charge in [-0.2, -0.15) is 0 Å². The monoisotopic (exact) mass is 392 g/mol. The highest BCUT2D eigenvalue weighted by Crippen LogP contribution is 2.37. The Morgan fingerprint density at radius 3 is 2.72 bits per heavy atom. The van der Waals surface area contributed by atoms with Crippen LogP contribution in [0.4, 0.5) is 5.82 Å². The fraction of sp³-hybridized carbons (Fsp3) is 0.455. The molecule has 4 rings (SSSR count). The van der Waals surface area contributed by atoms with E-state index in [0.717, 1.165) is 31.5 Å². The molecule has 1 aliphatic rings. The van der Waals surface area contributed by atoms with Gasteiger partial charge < -0.3 is 15.2 Å². The number of aryl methyl sites for hydroxylation is 1. The Morgan fingerprint density at radius 1 is 1.14 bits per heavy atom. The number of carbonyl (C=O) groups excluding carboxylic acids is 1. The smallest absolute Gasteiger partial charge is 0.223 e. The SMILES string of the molecule is CC1CC(c2ccccc2)C(C)N1C(=O)CCCCn1cnc2c(N)ncnc21. The molecule has 7 heteroatoms. The van der Waals surface area contributed by atoms with Gasteiger partial charge in [-0.15, -0.1) is 0 Å². The van der Waals surface area contributed by atoms with Gasteiger partial charge in [0.2, 0.25) is 5.91 Å². The molecule has 0 radical (unpaired) electrons. The molecule has 0 saturated carbocycles. The van der Waals surface area contributed by atoms with Gasteiger partial charge in [-0.25, -0.2) is 15.0 Å². The second kappa shape index (κ2) is 8.19. The summed E-state index contributed by atoms with van der Waals surface area (Å²) in [6.45, 7) is 5.11. The van der Waals surface area contributed by atoms with Gasteiger partial charge in [0.15, 0.2) is 11.5 Å². The van der Waals surface area contributed by atoms with Gasteiger partial charge in [-0.05, 0) is 38.7 Å². The predicted octanol–water partition coefficient (Wildman–Crippen LogP) is 3.37. The molecule has 7 nitrogen and oxygen atoms in total. The van der Waals surface area contributed by atoms with Crippen molar-refractivity contribution < 1.29 is 4.79 Å². The van der Waals surface area contributed by atoms with E-state index in [2.05, 4.69) is 58.0 Å². The van der Waals surface area contributed by atoms with Crippen molar-refractivity contribution in [1.29, 1.82) is 0 Å². The number of fused-ring (bicyclic) bond motifs is 1. The second-order valence-electron chi connectivity index (χ2n) is 7.97. The normalized spacial score (nSPS) is 21.7. The number of hydrogen-bond acceptors (Lipinski definition) is 5. The molecule has 0 bridgehead atoms. The third-order valence-electron chi connectivity index (χ3n) is 6.08. The fourth-order valence-corrected chi connectivity index (χ4v) is 4.61. The molecule has 2 N–H and O–H groups in total. The maximum absolute atomic E-state index is 12.9. The number of unbranched alkanes of at least 4 members (excludes halogenated alkanes) is 1. The maximum Gasteiger partial charge on any atom is 0.223 e. The van der Waals surface area contributed by atoms with Crippen LogP contribution in [0.15, 0.2) is 43.0 Å². The number of anilines is 1. The molecule has 3 aromatic rings. The van der Waals surface area contributed by atoms with E-state index < -0.39 is 0 Å².